The summed E-state index contributed by atoms with van der Waals surface area (Å²) in [4.78, 5) is 15.7. The van der Waals surface area contributed by atoms with Gasteiger partial charge in [-0.25, -0.2) is 0 Å². The van der Waals surface area contributed by atoms with Crippen LogP contribution in [-0.2, 0) is 22.6 Å². The number of benzene rings is 1. The molecule has 8 heteroatoms. The molecule has 1 N–H and O–H groups in total. The monoisotopic (exact) mass is 565 g/mol. The van der Waals surface area contributed by atoms with Gasteiger partial charge in [-0.3, -0.25) is 9.78 Å². The first-order valence-corrected chi connectivity index (χ1v) is 14.6. The molecule has 204 valence electrons. The van der Waals surface area contributed by atoms with Crippen molar-refractivity contribution in [2.75, 3.05) is 7.05 Å². The van der Waals surface area contributed by atoms with Gasteiger partial charge in [0.2, 0.25) is 5.91 Å². The van der Waals surface area contributed by atoms with Crippen LogP contribution >= 0.6 is 23.2 Å². The van der Waals surface area contributed by atoms with Crippen LogP contribution in [0.3, 0.4) is 0 Å². The number of pyridine rings is 1. The number of fused-ring (bicyclic) bond motifs is 3. The van der Waals surface area contributed by atoms with E-state index in [0.717, 1.165) is 68.3 Å². The molecular formula is C31H33Cl2N3O3. The van der Waals surface area contributed by atoms with Gasteiger partial charge in [0.15, 0.2) is 0 Å². The Morgan fingerprint density at radius 3 is 2.36 bits per heavy atom. The summed E-state index contributed by atoms with van der Waals surface area (Å²) in [7, 11) is 1.67. The van der Waals surface area contributed by atoms with E-state index in [0.29, 0.717) is 40.2 Å². The van der Waals surface area contributed by atoms with Gasteiger partial charge in [-0.15, -0.1) is 0 Å². The summed E-state index contributed by atoms with van der Waals surface area (Å²) >= 11 is 13.0. The van der Waals surface area contributed by atoms with Crippen LogP contribution in [0.15, 0.2) is 47.3 Å². The van der Waals surface area contributed by atoms with Crippen LogP contribution in [0.1, 0.15) is 79.7 Å². The minimum absolute atomic E-state index is 0.0290. The zero-order valence-electron chi connectivity index (χ0n) is 22.1. The summed E-state index contributed by atoms with van der Waals surface area (Å²) in [5, 5.41) is 8.00. The summed E-state index contributed by atoms with van der Waals surface area (Å²) in [6.07, 6.45) is 16.9. The molecule has 6 nitrogen and oxygen atoms in total. The Labute approximate surface area is 239 Å². The molecule has 0 unspecified atom stereocenters. The Bertz CT molecular complexity index is 1350. The van der Waals surface area contributed by atoms with Crippen LogP contribution in [0.2, 0.25) is 10.0 Å². The second-order valence-electron chi connectivity index (χ2n) is 11.4. The highest BCUT2D eigenvalue weighted by molar-refractivity contribution is 6.38. The van der Waals surface area contributed by atoms with Gasteiger partial charge in [-0.05, 0) is 67.9 Å². The van der Waals surface area contributed by atoms with Gasteiger partial charge in [-0.2, -0.15) is 0 Å². The van der Waals surface area contributed by atoms with E-state index < -0.39 is 0 Å². The Hall–Kier alpha value is -2.67. The van der Waals surface area contributed by atoms with Crippen LogP contribution in [0, 0.1) is 5.41 Å². The van der Waals surface area contributed by atoms with Gasteiger partial charge in [-0.1, -0.05) is 64.8 Å². The summed E-state index contributed by atoms with van der Waals surface area (Å²) in [6, 6.07) is 8.27. The van der Waals surface area contributed by atoms with E-state index in [2.05, 4.69) is 39.7 Å². The van der Waals surface area contributed by atoms with Crippen molar-refractivity contribution in [3.05, 3.63) is 75.2 Å². The van der Waals surface area contributed by atoms with Crippen molar-refractivity contribution in [1.29, 1.82) is 0 Å². The first-order chi connectivity index (χ1) is 18.9. The Balaban J connectivity index is 1.12. The number of carbonyl (C=O) groups excluding carboxylic acids is 1. The van der Waals surface area contributed by atoms with Crippen molar-refractivity contribution < 1.29 is 14.1 Å². The predicted octanol–water partition coefficient (Wildman–Crippen LogP) is 7.53. The molecule has 0 spiro atoms. The smallest absolute Gasteiger partial charge is 0.224 e. The lowest BCUT2D eigenvalue weighted by Gasteiger charge is -2.52. The number of carbonyl (C=O) groups is 1. The average Bonchev–Trinajstić information content (AvgIpc) is 3.72. The highest BCUT2D eigenvalue weighted by Crippen LogP contribution is 2.55. The highest BCUT2D eigenvalue weighted by atomic mass is 35.5. The first kappa shape index (κ1) is 26.5. The van der Waals surface area contributed by atoms with Crippen LogP contribution in [-0.4, -0.2) is 28.7 Å². The SMILES string of the molecule is CNC(=O)Cc1ccc(/C=C/C23CCC(OCc4c(-c5c(Cl)cncc5Cl)noc4C4CC4)(CC2)CC3)cc1. The molecule has 39 heavy (non-hydrogen) atoms. The molecule has 1 amide bonds. The van der Waals surface area contributed by atoms with Crippen molar-refractivity contribution in [3.63, 3.8) is 0 Å². The van der Waals surface area contributed by atoms with E-state index in [9.17, 15) is 4.79 Å². The highest BCUT2D eigenvalue weighted by Gasteiger charge is 2.48. The minimum Gasteiger partial charge on any atom is -0.370 e. The van der Waals surface area contributed by atoms with E-state index in [-0.39, 0.29) is 16.9 Å². The predicted molar refractivity (Wildman–Crippen MR) is 153 cm³/mol. The number of amides is 1. The number of rotatable bonds is 9. The number of likely N-dealkylation sites (N-methyl/N-ethyl adjacent to an activating group) is 1. The summed E-state index contributed by atoms with van der Waals surface area (Å²) < 4.78 is 12.6. The molecule has 7 rings (SSSR count). The Morgan fingerprint density at radius 2 is 1.74 bits per heavy atom. The molecule has 0 radical (unpaired) electrons. The molecule has 4 saturated carbocycles. The number of ether oxygens (including phenoxy) is 1. The fraction of sp³-hybridized carbons (Fsp3) is 0.452. The number of aromatic nitrogens is 2. The van der Waals surface area contributed by atoms with E-state index in [1.165, 1.54) is 5.56 Å². The van der Waals surface area contributed by atoms with Crippen LogP contribution in [0.4, 0.5) is 0 Å². The Morgan fingerprint density at radius 1 is 1.08 bits per heavy atom. The van der Waals surface area contributed by atoms with E-state index in [1.807, 2.05) is 12.1 Å². The molecular weight excluding hydrogens is 533 g/mol. The lowest BCUT2D eigenvalue weighted by Crippen LogP contribution is -2.46. The van der Waals surface area contributed by atoms with E-state index in [1.54, 1.807) is 19.4 Å². The van der Waals surface area contributed by atoms with Crippen molar-refractivity contribution in [1.82, 2.24) is 15.5 Å². The second-order valence-corrected chi connectivity index (χ2v) is 12.2. The normalized spacial score (nSPS) is 24.4. The van der Waals surface area contributed by atoms with Crippen molar-refractivity contribution in [2.24, 2.45) is 5.41 Å². The number of allylic oxidation sites excluding steroid dienone is 1. The molecule has 1 aromatic carbocycles. The fourth-order valence-electron chi connectivity index (χ4n) is 6.13. The lowest BCUT2D eigenvalue weighted by molar-refractivity contribution is -0.133. The third-order valence-electron chi connectivity index (χ3n) is 8.87. The number of hydrogen-bond acceptors (Lipinski definition) is 5. The number of nitrogens with zero attached hydrogens (tertiary/aromatic N) is 2. The van der Waals surface area contributed by atoms with Crippen LogP contribution < -0.4 is 5.32 Å². The third-order valence-corrected chi connectivity index (χ3v) is 9.44. The largest absolute Gasteiger partial charge is 0.370 e. The van der Waals surface area contributed by atoms with E-state index in [4.69, 9.17) is 32.5 Å². The molecule has 0 saturated heterocycles. The molecule has 2 aromatic heterocycles. The molecule has 2 bridgehead atoms. The molecule has 4 aliphatic carbocycles. The number of hydrogen-bond donors (Lipinski definition) is 1. The molecule has 3 aromatic rings. The van der Waals surface area contributed by atoms with Gasteiger partial charge in [0.05, 0.1) is 28.7 Å². The van der Waals surface area contributed by atoms with Gasteiger partial charge < -0.3 is 14.6 Å². The fourth-order valence-corrected chi connectivity index (χ4v) is 6.67. The Kier molecular flexibility index (Phi) is 7.30. The molecule has 0 atom stereocenters. The summed E-state index contributed by atoms with van der Waals surface area (Å²) in [5.74, 6) is 1.34. The maximum Gasteiger partial charge on any atom is 0.224 e. The molecule has 4 aliphatic rings. The topological polar surface area (TPSA) is 77.2 Å². The van der Waals surface area contributed by atoms with Gasteiger partial charge in [0.1, 0.15) is 11.5 Å². The maximum atomic E-state index is 11.6. The summed E-state index contributed by atoms with van der Waals surface area (Å²) in [6.45, 7) is 0.449. The van der Waals surface area contributed by atoms with Gasteiger partial charge in [0, 0.05) is 36.5 Å². The van der Waals surface area contributed by atoms with E-state index >= 15 is 0 Å². The quantitative estimate of drug-likeness (QED) is 0.290. The minimum atomic E-state index is -0.113. The van der Waals surface area contributed by atoms with Crippen molar-refractivity contribution in [3.8, 4) is 11.3 Å². The zero-order valence-corrected chi connectivity index (χ0v) is 23.7. The molecule has 4 fully saturated rings. The molecule has 0 aliphatic heterocycles. The van der Waals surface area contributed by atoms with Crippen molar-refractivity contribution in [2.45, 2.75) is 75.9 Å². The average molecular weight is 567 g/mol. The maximum absolute atomic E-state index is 11.6. The van der Waals surface area contributed by atoms with Crippen LogP contribution in [0.25, 0.3) is 17.3 Å². The lowest BCUT2D eigenvalue weighted by atomic mass is 9.58. The van der Waals surface area contributed by atoms with Gasteiger partial charge >= 0.3 is 0 Å². The van der Waals surface area contributed by atoms with Crippen molar-refractivity contribution >= 4 is 35.2 Å². The summed E-state index contributed by atoms with van der Waals surface area (Å²) in [5.41, 5.74) is 4.63. The first-order valence-electron chi connectivity index (χ1n) is 13.8. The second kappa shape index (κ2) is 10.7. The number of nitrogens with one attached hydrogen (secondary N) is 1. The zero-order chi connectivity index (χ0) is 27.0. The van der Waals surface area contributed by atoms with Gasteiger partial charge in [0.25, 0.3) is 0 Å². The van der Waals surface area contributed by atoms with Crippen LogP contribution in [0.5, 0.6) is 0 Å². The standard InChI is InChI=1S/C31H33Cl2N3O3/c1-34-26(37)16-21-4-2-20(3-5-21)8-9-30-10-13-31(14-11-30,15-12-30)38-19-23-28(36-39-29(23)22-6-7-22)27-24(32)17-35-18-25(27)33/h2-5,8-9,17-18,22H,6-7,10-16,19H2,1H3,(H,34,37)/b9-8+. The number of halogens is 2. The molecule has 2 heterocycles. The third kappa shape index (κ3) is 5.52.